The molecular formula is C77H84N2O12. The molecule has 4 aromatic carbocycles. The van der Waals surface area contributed by atoms with Crippen LogP contribution in [-0.4, -0.2) is 110 Å². The molecule has 0 radical (unpaired) electrons. The van der Waals surface area contributed by atoms with E-state index in [1.807, 2.05) is 18.2 Å². The average Bonchev–Trinajstić information content (AvgIpc) is 1.67. The molecule has 19 rings (SSSR count). The van der Waals surface area contributed by atoms with Crippen LogP contribution in [-0.2, 0) is 51.9 Å². The van der Waals surface area contributed by atoms with Crippen molar-refractivity contribution < 1.29 is 58.8 Å². The number of benzene rings is 4. The average molecular weight is 1230 g/mol. The second-order valence-electron chi connectivity index (χ2n) is 31.5. The molecule has 474 valence electrons. The molecule has 13 unspecified atom stereocenters. The molecule has 14 nitrogen and oxygen atoms in total. The quantitative estimate of drug-likeness (QED) is 0.0936. The number of nitrogens with zero attached hydrogens (tertiary/aromatic N) is 1. The van der Waals surface area contributed by atoms with Crippen molar-refractivity contribution in [1.29, 1.82) is 0 Å². The molecule has 1 aromatic heterocycles. The predicted molar refractivity (Wildman–Crippen MR) is 341 cm³/mol. The summed E-state index contributed by atoms with van der Waals surface area (Å²) in [5.41, 5.74) is 9.91. The van der Waals surface area contributed by atoms with Gasteiger partial charge in [-0.2, -0.15) is 0 Å². The molecule has 8 bridgehead atoms. The molecule has 4 aliphatic heterocycles. The zero-order valence-electron chi connectivity index (χ0n) is 52.4. The van der Waals surface area contributed by atoms with E-state index >= 15 is 4.79 Å². The van der Waals surface area contributed by atoms with Crippen molar-refractivity contribution in [2.75, 3.05) is 26.9 Å². The van der Waals surface area contributed by atoms with Gasteiger partial charge in [0.05, 0.1) is 49.0 Å². The Hall–Kier alpha value is -6.18. The third-order valence-electron chi connectivity index (χ3n) is 27.5. The smallest absolute Gasteiger partial charge is 0.254 e. The molecule has 5 aromatic rings. The monoisotopic (exact) mass is 1230 g/mol. The Balaban J connectivity index is 0.850. The van der Waals surface area contributed by atoms with E-state index in [0.29, 0.717) is 52.4 Å². The topological polar surface area (TPSA) is 200 Å². The Bertz CT molecular complexity index is 4150. The molecule has 14 heteroatoms. The fraction of sp³-hybridized carbons (Fsp3) is 0.584. The lowest BCUT2D eigenvalue weighted by Gasteiger charge is -2.53. The number of aryl methyl sites for hydroxylation is 2. The number of aromatic amines is 1. The summed E-state index contributed by atoms with van der Waals surface area (Å²) < 4.78 is 34.5. The van der Waals surface area contributed by atoms with Crippen molar-refractivity contribution in [3.05, 3.63) is 109 Å². The standard InChI is InChI=1S/C77H84N2O12/c1-87-67-49-17-16-43-28-42-11-7-14-47(42)60-58(43)61(49)63-66(83)62(60)55(81)35-79-34-53-41(10-6-15-48(53)70(79)84)12-9-27-88-69-65(82)57-36-89-56(19-18-50(67)68(63)91-71(90-57)77(69,86)40-80)52-33-78-54-29-44-20-26-75-39-76(85)25-8-13-45(76)30-46(75)31-74(32-51(59(52)54)64(44)75)38-72(21-2-3-22-72)37-73(74)23-4-5-24-73/h6,10,15,18-19,28-29,33,42,45-47,56-57,65,69,71,78,80,82-83,85-86H,2-5,7-8,11-14,16-17,20-26,30-32,34-40H2,1H3. The molecule has 10 aliphatic carbocycles. The summed E-state index contributed by atoms with van der Waals surface area (Å²) in [4.78, 5) is 35.6. The van der Waals surface area contributed by atoms with Gasteiger partial charge in [-0.3, -0.25) is 9.59 Å². The molecule has 7 fully saturated rings. The minimum Gasteiger partial charge on any atom is -0.506 e. The fourth-order valence-electron chi connectivity index (χ4n) is 24.0. The number of ether oxygens (including phenoxy) is 5. The van der Waals surface area contributed by atoms with Gasteiger partial charge < -0.3 is 59.1 Å². The van der Waals surface area contributed by atoms with Gasteiger partial charge in [0.15, 0.2) is 17.5 Å². The van der Waals surface area contributed by atoms with Crippen LogP contribution >= 0.6 is 0 Å². The number of rotatable bonds is 3. The number of fused-ring (bicyclic) bond motifs is 11. The minimum atomic E-state index is -2.48. The molecule has 13 atom stereocenters. The van der Waals surface area contributed by atoms with Crippen molar-refractivity contribution in [1.82, 2.24) is 9.88 Å². The first-order valence-electron chi connectivity index (χ1n) is 34.9. The Kier molecular flexibility index (Phi) is 12.2. The van der Waals surface area contributed by atoms with E-state index in [1.54, 1.807) is 24.1 Å². The molecule has 91 heavy (non-hydrogen) atoms. The summed E-state index contributed by atoms with van der Waals surface area (Å²) in [6.45, 7) is -1.32. The number of allylic oxidation sites excluding steroid dienone is 2. The number of aromatic hydroxyl groups is 1. The molecular weight excluding hydrogens is 1140 g/mol. The normalized spacial score (nSPS) is 36.5. The molecule has 1 saturated heterocycles. The predicted octanol–water partition coefficient (Wildman–Crippen LogP) is 11.9. The van der Waals surface area contributed by atoms with E-state index in [1.165, 1.54) is 92.7 Å². The summed E-state index contributed by atoms with van der Waals surface area (Å²) in [7, 11) is 1.64. The van der Waals surface area contributed by atoms with Gasteiger partial charge in [0.1, 0.15) is 41.7 Å². The number of nitrogens with one attached hydrogen (secondary N) is 1. The van der Waals surface area contributed by atoms with Crippen LogP contribution in [0.1, 0.15) is 223 Å². The van der Waals surface area contributed by atoms with Gasteiger partial charge in [-0.15, -0.1) is 0 Å². The zero-order chi connectivity index (χ0) is 61.3. The summed E-state index contributed by atoms with van der Waals surface area (Å²) >= 11 is 0. The molecule has 1 amide bonds. The Labute approximate surface area is 531 Å². The number of carbonyl (C=O) groups is 2. The van der Waals surface area contributed by atoms with Gasteiger partial charge in [0.2, 0.25) is 6.29 Å². The van der Waals surface area contributed by atoms with Crippen LogP contribution < -0.4 is 9.47 Å². The maximum Gasteiger partial charge on any atom is 0.254 e. The number of H-pyrrole nitrogens is 1. The Morgan fingerprint density at radius 2 is 1.69 bits per heavy atom. The maximum absolute atomic E-state index is 15.8. The van der Waals surface area contributed by atoms with E-state index in [9.17, 15) is 30.3 Å². The van der Waals surface area contributed by atoms with Gasteiger partial charge in [-0.05, 0) is 218 Å². The molecule has 6 saturated carbocycles. The SMILES string of the molecule is COc1c2c3c4c(O)c(c5c6c4c1CCC6=CC1CCCC51)C(=O)CN1Cc4c(cccc4C1=O)CC#COC1C(O)C(COC(c4c[nH]c5cc6c7c(c45)CC4(CC5CC8CCCC8(O)CC75CC6)CC5(CCCC5)CC45CCCC5)C=C2)OC(O3)C1(O)CO. The number of amides is 1. The van der Waals surface area contributed by atoms with Crippen molar-refractivity contribution in [2.24, 2.45) is 34.0 Å². The largest absolute Gasteiger partial charge is 0.506 e. The van der Waals surface area contributed by atoms with Crippen LogP contribution in [0.2, 0.25) is 0 Å². The summed E-state index contributed by atoms with van der Waals surface area (Å²) in [5.74, 6) is 3.57. The summed E-state index contributed by atoms with van der Waals surface area (Å²) in [6, 6.07) is 7.89. The van der Waals surface area contributed by atoms with Crippen LogP contribution in [0.3, 0.4) is 0 Å². The van der Waals surface area contributed by atoms with Crippen LogP contribution in [0.25, 0.3) is 33.3 Å². The van der Waals surface area contributed by atoms with E-state index in [4.69, 9.17) is 23.7 Å². The minimum absolute atomic E-state index is 0.0477. The number of aromatic nitrogens is 1. The van der Waals surface area contributed by atoms with Crippen LogP contribution in [0.4, 0.5) is 0 Å². The van der Waals surface area contributed by atoms with Gasteiger partial charge in [0.25, 0.3) is 5.91 Å². The fourth-order valence-corrected chi connectivity index (χ4v) is 24.0. The Morgan fingerprint density at radius 3 is 2.54 bits per heavy atom. The lowest BCUT2D eigenvalue weighted by atomic mass is 9.52. The van der Waals surface area contributed by atoms with Crippen LogP contribution in [0.15, 0.2) is 42.6 Å². The number of carbonyl (C=O) groups excluding carboxylic acids is 2. The van der Waals surface area contributed by atoms with Crippen molar-refractivity contribution in [3.63, 3.8) is 0 Å². The second-order valence-corrected chi connectivity index (χ2v) is 31.5. The highest BCUT2D eigenvalue weighted by molar-refractivity contribution is 6.17. The van der Waals surface area contributed by atoms with Gasteiger partial charge in [-0.1, -0.05) is 68.7 Å². The Morgan fingerprint density at radius 1 is 0.846 bits per heavy atom. The molecule has 6 N–H and O–H groups in total. The highest BCUT2D eigenvalue weighted by Gasteiger charge is 2.69. The van der Waals surface area contributed by atoms with E-state index in [-0.39, 0.29) is 82.6 Å². The van der Waals surface area contributed by atoms with Crippen LogP contribution in [0.5, 0.6) is 17.2 Å². The second kappa shape index (κ2) is 19.7. The molecule has 5 heterocycles. The van der Waals surface area contributed by atoms with Gasteiger partial charge in [-0.25, -0.2) is 0 Å². The van der Waals surface area contributed by atoms with Crippen molar-refractivity contribution in [2.45, 2.75) is 220 Å². The summed E-state index contributed by atoms with van der Waals surface area (Å²) in [6.07, 6.45) is 30.6. The zero-order valence-corrected chi connectivity index (χ0v) is 52.4. The van der Waals surface area contributed by atoms with Crippen molar-refractivity contribution in [3.8, 4) is 29.3 Å². The number of methoxy groups -OCH3 is 1. The lowest BCUT2D eigenvalue weighted by Crippen LogP contribution is -2.70. The number of Topliss-reactive ketones (excluding diaryl/α,β-unsaturated/α-hetero) is 1. The van der Waals surface area contributed by atoms with Gasteiger partial charge >= 0.3 is 0 Å². The van der Waals surface area contributed by atoms with E-state index < -0.39 is 54.3 Å². The number of phenols is 1. The number of aliphatic hydroxyl groups excluding tert-OH is 2. The molecule has 4 spiro atoms. The van der Waals surface area contributed by atoms with Crippen molar-refractivity contribution >= 4 is 45.0 Å². The van der Waals surface area contributed by atoms with E-state index in [2.05, 4.69) is 35.4 Å². The molecule has 14 aliphatic rings. The number of hydrogen-bond donors (Lipinski definition) is 6. The van der Waals surface area contributed by atoms with E-state index in [0.717, 1.165) is 115 Å². The van der Waals surface area contributed by atoms with Crippen LogP contribution in [0, 0.1) is 46.0 Å². The first-order chi connectivity index (χ1) is 44.2. The summed E-state index contributed by atoms with van der Waals surface area (Å²) in [5, 5.41) is 66.3. The third kappa shape index (κ3) is 7.59. The highest BCUT2D eigenvalue weighted by atomic mass is 16.7. The lowest BCUT2D eigenvalue weighted by molar-refractivity contribution is -0.328. The number of ketones is 1. The number of phenolic OH excluding ortho intramolecular Hbond substituents is 1. The first kappa shape index (κ1) is 56.4. The number of hydrogen-bond acceptors (Lipinski definition) is 12. The third-order valence-corrected chi connectivity index (χ3v) is 27.5. The first-order valence-corrected chi connectivity index (χ1v) is 34.9. The van der Waals surface area contributed by atoms with Gasteiger partial charge in [0, 0.05) is 57.6 Å². The maximum atomic E-state index is 15.8. The highest BCUT2D eigenvalue weighted by Crippen LogP contribution is 2.77. The number of aliphatic hydroxyl groups is 4.